The molecule has 21 heavy (non-hydrogen) atoms. The first-order valence-electron chi connectivity index (χ1n) is 6.54. The number of benzene rings is 1. The molecular weight excluding hydrogens is 276 g/mol. The van der Waals surface area contributed by atoms with Gasteiger partial charge in [0, 0.05) is 6.07 Å². The molecule has 1 aromatic rings. The van der Waals surface area contributed by atoms with Crippen molar-refractivity contribution in [3.8, 4) is 11.5 Å². The van der Waals surface area contributed by atoms with Crippen LogP contribution in [0.3, 0.4) is 0 Å². The molecule has 0 spiro atoms. The van der Waals surface area contributed by atoms with Crippen molar-refractivity contribution < 1.29 is 24.2 Å². The second-order valence-corrected chi connectivity index (χ2v) is 4.34. The lowest BCUT2D eigenvalue weighted by Crippen LogP contribution is -2.42. The van der Waals surface area contributed by atoms with Crippen molar-refractivity contribution in [1.29, 1.82) is 0 Å². The number of carboxylic acid groups (broad SMARTS) is 1. The second kappa shape index (κ2) is 7.98. The molecule has 7 nitrogen and oxygen atoms in total. The quantitative estimate of drug-likeness (QED) is 0.715. The van der Waals surface area contributed by atoms with E-state index >= 15 is 0 Å². The molecule has 0 saturated carbocycles. The van der Waals surface area contributed by atoms with Gasteiger partial charge in [0.25, 0.3) is 0 Å². The molecule has 1 aromatic carbocycles. The Morgan fingerprint density at radius 2 is 2.00 bits per heavy atom. The third-order valence-corrected chi connectivity index (χ3v) is 2.84. The lowest BCUT2D eigenvalue weighted by molar-refractivity contribution is -0.139. The van der Waals surface area contributed by atoms with E-state index < -0.39 is 18.0 Å². The van der Waals surface area contributed by atoms with Crippen LogP contribution in [0.4, 0.5) is 10.5 Å². The van der Waals surface area contributed by atoms with Gasteiger partial charge in [-0.1, -0.05) is 13.3 Å². The minimum absolute atomic E-state index is 0.364. The van der Waals surface area contributed by atoms with E-state index in [1.54, 1.807) is 18.2 Å². The number of aliphatic carboxylic acids is 1. The number of ether oxygens (including phenoxy) is 2. The van der Waals surface area contributed by atoms with Gasteiger partial charge in [-0.3, -0.25) is 0 Å². The van der Waals surface area contributed by atoms with Gasteiger partial charge in [0.15, 0.2) is 0 Å². The molecule has 0 unspecified atom stereocenters. The predicted molar refractivity (Wildman–Crippen MR) is 78.0 cm³/mol. The number of urea groups is 1. The van der Waals surface area contributed by atoms with E-state index in [2.05, 4.69) is 10.6 Å². The molecule has 0 aliphatic heterocycles. The van der Waals surface area contributed by atoms with Crippen LogP contribution in [-0.4, -0.2) is 37.4 Å². The molecule has 1 atom stereocenters. The maximum absolute atomic E-state index is 11.9. The Morgan fingerprint density at radius 1 is 1.29 bits per heavy atom. The zero-order valence-corrected chi connectivity index (χ0v) is 12.3. The number of hydrogen-bond acceptors (Lipinski definition) is 4. The van der Waals surface area contributed by atoms with Gasteiger partial charge in [0.05, 0.1) is 19.9 Å². The number of carbonyl (C=O) groups excluding carboxylic acids is 1. The first kappa shape index (κ1) is 16.6. The second-order valence-electron chi connectivity index (χ2n) is 4.34. The van der Waals surface area contributed by atoms with E-state index in [-0.39, 0.29) is 0 Å². The highest BCUT2D eigenvalue weighted by Gasteiger charge is 2.19. The molecule has 0 aromatic heterocycles. The first-order valence-corrected chi connectivity index (χ1v) is 6.54. The van der Waals surface area contributed by atoms with E-state index in [0.29, 0.717) is 30.0 Å². The van der Waals surface area contributed by atoms with Crippen LogP contribution in [-0.2, 0) is 4.79 Å². The molecule has 0 fully saturated rings. The van der Waals surface area contributed by atoms with Gasteiger partial charge in [0.2, 0.25) is 0 Å². The van der Waals surface area contributed by atoms with E-state index in [0.717, 1.165) is 0 Å². The number of nitrogens with one attached hydrogen (secondary N) is 2. The minimum Gasteiger partial charge on any atom is -0.497 e. The Hall–Kier alpha value is -2.44. The minimum atomic E-state index is -1.06. The van der Waals surface area contributed by atoms with Gasteiger partial charge in [-0.05, 0) is 18.6 Å². The fraction of sp³-hybridized carbons (Fsp3) is 0.429. The van der Waals surface area contributed by atoms with E-state index in [1.165, 1.54) is 14.2 Å². The average Bonchev–Trinajstić information content (AvgIpc) is 2.47. The van der Waals surface area contributed by atoms with E-state index in [1.807, 2.05) is 6.92 Å². The Bertz CT molecular complexity index is 504. The Morgan fingerprint density at radius 3 is 2.52 bits per heavy atom. The number of methoxy groups -OCH3 is 2. The molecule has 2 amide bonds. The smallest absolute Gasteiger partial charge is 0.326 e. The van der Waals surface area contributed by atoms with Crippen molar-refractivity contribution in [3.63, 3.8) is 0 Å². The number of carbonyl (C=O) groups is 2. The molecule has 0 aliphatic carbocycles. The summed E-state index contributed by atoms with van der Waals surface area (Å²) in [4.78, 5) is 22.9. The largest absolute Gasteiger partial charge is 0.497 e. The zero-order chi connectivity index (χ0) is 15.8. The Labute approximate surface area is 123 Å². The molecule has 0 bridgehead atoms. The fourth-order valence-corrected chi connectivity index (χ4v) is 1.76. The van der Waals surface area contributed by atoms with E-state index in [9.17, 15) is 9.59 Å². The summed E-state index contributed by atoms with van der Waals surface area (Å²) in [5, 5.41) is 14.0. The van der Waals surface area contributed by atoms with Gasteiger partial charge in [-0.2, -0.15) is 0 Å². The van der Waals surface area contributed by atoms with Crippen LogP contribution in [0, 0.1) is 0 Å². The van der Waals surface area contributed by atoms with Crippen LogP contribution < -0.4 is 20.1 Å². The summed E-state index contributed by atoms with van der Waals surface area (Å²) in [6, 6.07) is 3.39. The van der Waals surface area contributed by atoms with Gasteiger partial charge in [-0.25, -0.2) is 9.59 Å². The number of rotatable bonds is 7. The van der Waals surface area contributed by atoms with Crippen molar-refractivity contribution in [2.24, 2.45) is 0 Å². The number of carboxylic acids is 1. The van der Waals surface area contributed by atoms with Gasteiger partial charge in [-0.15, -0.1) is 0 Å². The van der Waals surface area contributed by atoms with Crippen LogP contribution in [0.2, 0.25) is 0 Å². The Balaban J connectivity index is 2.76. The molecule has 0 heterocycles. The fourth-order valence-electron chi connectivity index (χ4n) is 1.76. The molecule has 1 rings (SSSR count). The maximum atomic E-state index is 11.9. The summed E-state index contributed by atoms with van der Waals surface area (Å²) >= 11 is 0. The summed E-state index contributed by atoms with van der Waals surface area (Å²) in [5.74, 6) is -0.0484. The van der Waals surface area contributed by atoms with Crippen molar-refractivity contribution >= 4 is 17.7 Å². The SMILES string of the molecule is CCC[C@H](NC(=O)Nc1ccc(OC)cc1OC)C(=O)O. The number of hydrogen-bond donors (Lipinski definition) is 3. The van der Waals surface area contributed by atoms with Crippen molar-refractivity contribution in [1.82, 2.24) is 5.32 Å². The highest BCUT2D eigenvalue weighted by atomic mass is 16.5. The molecule has 0 radical (unpaired) electrons. The molecular formula is C14H20N2O5. The lowest BCUT2D eigenvalue weighted by atomic mass is 10.2. The highest BCUT2D eigenvalue weighted by Crippen LogP contribution is 2.28. The summed E-state index contributed by atoms with van der Waals surface area (Å²) in [5.41, 5.74) is 0.427. The van der Waals surface area contributed by atoms with Crippen molar-refractivity contribution in [2.45, 2.75) is 25.8 Å². The molecule has 0 aliphatic rings. The summed E-state index contributed by atoms with van der Waals surface area (Å²) in [6.45, 7) is 1.85. The number of anilines is 1. The van der Waals surface area contributed by atoms with Gasteiger partial charge in [0.1, 0.15) is 17.5 Å². The van der Waals surface area contributed by atoms with Crippen molar-refractivity contribution in [2.75, 3.05) is 19.5 Å². The number of amides is 2. The van der Waals surface area contributed by atoms with Crippen LogP contribution in [0.1, 0.15) is 19.8 Å². The third kappa shape index (κ3) is 4.87. The monoisotopic (exact) mass is 296 g/mol. The summed E-state index contributed by atoms with van der Waals surface area (Å²) < 4.78 is 10.2. The average molecular weight is 296 g/mol. The van der Waals surface area contributed by atoms with Crippen LogP contribution >= 0.6 is 0 Å². The van der Waals surface area contributed by atoms with Crippen molar-refractivity contribution in [3.05, 3.63) is 18.2 Å². The standard InChI is InChI=1S/C14H20N2O5/c1-4-5-11(13(17)18)16-14(19)15-10-7-6-9(20-2)8-12(10)21-3/h6-8,11H,4-5H2,1-3H3,(H,17,18)(H2,15,16,19)/t11-/m0/s1. The predicted octanol–water partition coefficient (Wildman–Crippen LogP) is 2.08. The van der Waals surface area contributed by atoms with Crippen LogP contribution in [0.25, 0.3) is 0 Å². The first-order chi connectivity index (χ1) is 10.0. The van der Waals surface area contributed by atoms with Gasteiger partial charge >= 0.3 is 12.0 Å². The molecule has 3 N–H and O–H groups in total. The van der Waals surface area contributed by atoms with Gasteiger partial charge < -0.3 is 25.2 Å². The summed E-state index contributed by atoms with van der Waals surface area (Å²) in [7, 11) is 2.99. The van der Waals surface area contributed by atoms with Crippen LogP contribution in [0.5, 0.6) is 11.5 Å². The molecule has 116 valence electrons. The normalized spacial score (nSPS) is 11.4. The maximum Gasteiger partial charge on any atom is 0.326 e. The van der Waals surface area contributed by atoms with Crippen LogP contribution in [0.15, 0.2) is 18.2 Å². The zero-order valence-electron chi connectivity index (χ0n) is 12.3. The highest BCUT2D eigenvalue weighted by molar-refractivity contribution is 5.93. The Kier molecular flexibility index (Phi) is 6.32. The molecule has 7 heteroatoms. The van der Waals surface area contributed by atoms with E-state index in [4.69, 9.17) is 14.6 Å². The molecule has 0 saturated heterocycles. The topological polar surface area (TPSA) is 96.9 Å². The lowest BCUT2D eigenvalue weighted by Gasteiger charge is -2.16. The third-order valence-electron chi connectivity index (χ3n) is 2.84. The summed E-state index contributed by atoms with van der Waals surface area (Å²) in [6.07, 6.45) is 1.02.